The van der Waals surface area contributed by atoms with Gasteiger partial charge in [-0.1, -0.05) is 39.0 Å². The van der Waals surface area contributed by atoms with Crippen LogP contribution >= 0.6 is 0 Å². The van der Waals surface area contributed by atoms with Gasteiger partial charge in [-0.15, -0.1) is 0 Å². The van der Waals surface area contributed by atoms with Gasteiger partial charge in [0.1, 0.15) is 11.9 Å². The van der Waals surface area contributed by atoms with E-state index in [0.717, 1.165) is 24.8 Å². The topological polar surface area (TPSA) is 72.6 Å². The Balaban J connectivity index is 1.81. The second-order valence-corrected chi connectivity index (χ2v) is 5.71. The van der Waals surface area contributed by atoms with Gasteiger partial charge in [-0.05, 0) is 18.9 Å². The van der Waals surface area contributed by atoms with Crippen LogP contribution in [-0.4, -0.2) is 16.1 Å². The first-order valence-electron chi connectivity index (χ1n) is 7.78. The van der Waals surface area contributed by atoms with Gasteiger partial charge in [0, 0.05) is 12.0 Å². The van der Waals surface area contributed by atoms with Crippen molar-refractivity contribution in [2.24, 2.45) is 0 Å². The molecule has 1 heterocycles. The molecule has 21 heavy (non-hydrogen) atoms. The predicted octanol–water partition coefficient (Wildman–Crippen LogP) is 4.35. The van der Waals surface area contributed by atoms with Crippen molar-refractivity contribution in [1.29, 1.82) is 0 Å². The van der Waals surface area contributed by atoms with Gasteiger partial charge in [-0.3, -0.25) is 10.1 Å². The first-order valence-corrected chi connectivity index (χ1v) is 7.78. The Hall–Kier alpha value is -1.78. The average Bonchev–Trinajstić information content (AvgIpc) is 2.83. The number of ether oxygens (including phenoxy) is 1. The summed E-state index contributed by atoms with van der Waals surface area (Å²) in [6, 6.07) is 2.81. The van der Waals surface area contributed by atoms with Crippen LogP contribution in [0.3, 0.4) is 0 Å². The molecule has 0 saturated carbocycles. The van der Waals surface area contributed by atoms with E-state index in [4.69, 9.17) is 4.74 Å². The fraction of sp³-hybridized carbons (Fsp3) is 0.625. The summed E-state index contributed by atoms with van der Waals surface area (Å²) in [6.07, 6.45) is 9.23. The number of nitrogens with zero attached hydrogens (tertiary/aromatic N) is 1. The maximum absolute atomic E-state index is 10.8. The lowest BCUT2D eigenvalue weighted by atomic mass is 10.0. The number of hydrogen-bond acceptors (Lipinski definition) is 4. The maximum atomic E-state index is 10.8. The highest BCUT2D eigenvalue weighted by molar-refractivity contribution is 5.55. The lowest BCUT2D eigenvalue weighted by Crippen LogP contribution is -2.12. The van der Waals surface area contributed by atoms with E-state index in [-0.39, 0.29) is 17.5 Å². The Morgan fingerprint density at radius 1 is 1.29 bits per heavy atom. The summed E-state index contributed by atoms with van der Waals surface area (Å²) in [5.41, 5.74) is 0.586. The third-order valence-corrected chi connectivity index (χ3v) is 3.98. The largest absolute Gasteiger partial charge is 0.502 e. The van der Waals surface area contributed by atoms with Crippen molar-refractivity contribution in [2.45, 2.75) is 64.4 Å². The zero-order valence-electron chi connectivity index (χ0n) is 12.5. The van der Waals surface area contributed by atoms with Crippen molar-refractivity contribution < 1.29 is 14.8 Å². The molecule has 1 aliphatic rings. The number of phenols is 1. The fourth-order valence-corrected chi connectivity index (χ4v) is 2.80. The van der Waals surface area contributed by atoms with Crippen LogP contribution in [-0.2, 0) is 6.42 Å². The van der Waals surface area contributed by atoms with Crippen LogP contribution in [0.25, 0.3) is 0 Å². The van der Waals surface area contributed by atoms with Gasteiger partial charge in [0.25, 0.3) is 0 Å². The van der Waals surface area contributed by atoms with E-state index in [2.05, 4.69) is 6.92 Å². The number of nitro groups is 1. The highest BCUT2D eigenvalue weighted by Gasteiger charge is 2.27. The molecule has 1 unspecified atom stereocenters. The van der Waals surface area contributed by atoms with Crippen molar-refractivity contribution in [2.75, 3.05) is 0 Å². The van der Waals surface area contributed by atoms with Gasteiger partial charge in [0.05, 0.1) is 11.0 Å². The molecule has 0 amide bonds. The third kappa shape index (κ3) is 4.09. The highest BCUT2D eigenvalue weighted by Crippen LogP contribution is 2.39. The molecule has 1 aliphatic heterocycles. The number of hydrogen-bond donors (Lipinski definition) is 1. The molecule has 0 radical (unpaired) electrons. The normalized spacial score (nSPS) is 16.5. The minimum absolute atomic E-state index is 0.0904. The molecule has 1 aromatic rings. The monoisotopic (exact) mass is 293 g/mol. The zero-order valence-corrected chi connectivity index (χ0v) is 12.5. The van der Waals surface area contributed by atoms with Crippen molar-refractivity contribution in [3.05, 3.63) is 27.8 Å². The van der Waals surface area contributed by atoms with Gasteiger partial charge in [0.2, 0.25) is 0 Å². The fourth-order valence-electron chi connectivity index (χ4n) is 2.80. The minimum atomic E-state index is -0.583. The molecule has 0 fully saturated rings. The number of benzene rings is 1. The van der Waals surface area contributed by atoms with E-state index >= 15 is 0 Å². The second-order valence-electron chi connectivity index (χ2n) is 5.71. The standard InChI is InChI=1S/C16H23NO4/c1-2-3-4-5-6-7-8-13-9-12-10-15(18)14(17(19)20)11-16(12)21-13/h10-11,13,18H,2-9H2,1H3. The van der Waals surface area contributed by atoms with E-state index in [1.807, 2.05) is 0 Å². The Bertz CT molecular complexity index is 501. The molecule has 0 bridgehead atoms. The quantitative estimate of drug-likeness (QED) is 0.439. The minimum Gasteiger partial charge on any atom is -0.502 e. The van der Waals surface area contributed by atoms with E-state index in [0.29, 0.717) is 5.75 Å². The van der Waals surface area contributed by atoms with Gasteiger partial charge in [-0.25, -0.2) is 0 Å². The first kappa shape index (κ1) is 15.6. The maximum Gasteiger partial charge on any atom is 0.314 e. The molecule has 5 nitrogen and oxygen atoms in total. The molecule has 0 saturated heterocycles. The molecule has 0 spiro atoms. The van der Waals surface area contributed by atoms with Crippen LogP contribution in [0, 0.1) is 10.1 Å². The highest BCUT2D eigenvalue weighted by atomic mass is 16.6. The van der Waals surface area contributed by atoms with Crippen LogP contribution in [0.2, 0.25) is 0 Å². The van der Waals surface area contributed by atoms with Crippen LogP contribution in [0.1, 0.15) is 57.4 Å². The number of unbranched alkanes of at least 4 members (excludes halogenated alkanes) is 5. The van der Waals surface area contributed by atoms with Crippen LogP contribution in [0.5, 0.6) is 11.5 Å². The number of aromatic hydroxyl groups is 1. The Morgan fingerprint density at radius 2 is 2.00 bits per heavy atom. The summed E-state index contributed by atoms with van der Waals surface area (Å²) in [4.78, 5) is 10.2. The van der Waals surface area contributed by atoms with Crippen molar-refractivity contribution in [3.63, 3.8) is 0 Å². The third-order valence-electron chi connectivity index (χ3n) is 3.98. The summed E-state index contributed by atoms with van der Waals surface area (Å²) in [7, 11) is 0. The van der Waals surface area contributed by atoms with E-state index in [1.54, 1.807) is 0 Å². The summed E-state index contributed by atoms with van der Waals surface area (Å²) < 4.78 is 5.76. The lowest BCUT2D eigenvalue weighted by Gasteiger charge is -2.10. The van der Waals surface area contributed by atoms with Gasteiger partial charge < -0.3 is 9.84 Å². The number of phenolic OH excluding ortho intramolecular Hbond substituents is 1. The molecule has 5 heteroatoms. The number of fused-ring (bicyclic) bond motifs is 1. The first-order chi connectivity index (χ1) is 10.1. The smallest absolute Gasteiger partial charge is 0.314 e. The predicted molar refractivity (Wildman–Crippen MR) is 80.9 cm³/mol. The summed E-state index contributed by atoms with van der Waals surface area (Å²) in [5, 5.41) is 20.4. The number of nitro benzene ring substituents is 1. The molecular formula is C16H23NO4. The molecule has 0 aromatic heterocycles. The SMILES string of the molecule is CCCCCCCCC1Cc2cc(O)c([N+](=O)[O-])cc2O1. The van der Waals surface area contributed by atoms with Gasteiger partial charge >= 0.3 is 5.69 Å². The molecule has 0 aliphatic carbocycles. The van der Waals surface area contributed by atoms with Gasteiger partial charge in [-0.2, -0.15) is 0 Å². The Morgan fingerprint density at radius 3 is 2.71 bits per heavy atom. The second kappa shape index (κ2) is 7.29. The lowest BCUT2D eigenvalue weighted by molar-refractivity contribution is -0.385. The van der Waals surface area contributed by atoms with E-state index in [9.17, 15) is 15.2 Å². The summed E-state index contributed by atoms with van der Waals surface area (Å²) >= 11 is 0. The van der Waals surface area contributed by atoms with Crippen LogP contribution in [0.4, 0.5) is 5.69 Å². The summed E-state index contributed by atoms with van der Waals surface area (Å²) in [6.45, 7) is 2.21. The van der Waals surface area contributed by atoms with Crippen molar-refractivity contribution in [3.8, 4) is 11.5 Å². The Kier molecular flexibility index (Phi) is 5.42. The number of rotatable bonds is 8. The molecule has 2 rings (SSSR count). The molecule has 1 atom stereocenters. The summed E-state index contributed by atoms with van der Waals surface area (Å²) in [5.74, 6) is 0.276. The molecule has 1 N–H and O–H groups in total. The van der Waals surface area contributed by atoms with Gasteiger partial charge in [0.15, 0.2) is 5.75 Å². The molecule has 116 valence electrons. The average molecular weight is 293 g/mol. The molecule has 1 aromatic carbocycles. The molecular weight excluding hydrogens is 270 g/mol. The zero-order chi connectivity index (χ0) is 15.2. The van der Waals surface area contributed by atoms with E-state index < -0.39 is 4.92 Å². The van der Waals surface area contributed by atoms with E-state index in [1.165, 1.54) is 44.2 Å². The van der Waals surface area contributed by atoms with Crippen molar-refractivity contribution >= 4 is 5.69 Å². The van der Waals surface area contributed by atoms with Crippen molar-refractivity contribution in [1.82, 2.24) is 0 Å². The van der Waals surface area contributed by atoms with Crippen LogP contribution < -0.4 is 4.74 Å². The Labute approximate surface area is 125 Å². The van der Waals surface area contributed by atoms with Crippen LogP contribution in [0.15, 0.2) is 12.1 Å².